The topological polar surface area (TPSA) is 109 Å². The molecule has 9 nitrogen and oxygen atoms in total. The molecule has 0 heterocycles. The van der Waals surface area contributed by atoms with Gasteiger partial charge in [-0.1, -0.05) is 119 Å². The van der Waals surface area contributed by atoms with Gasteiger partial charge in [-0.25, -0.2) is 4.79 Å². The normalized spacial score (nSPS) is 11.7. The van der Waals surface area contributed by atoms with Gasteiger partial charge in [-0.2, -0.15) is 0 Å². The molecule has 0 saturated heterocycles. The van der Waals surface area contributed by atoms with Gasteiger partial charge in [-0.3, -0.25) is 9.59 Å². The molecule has 2 rings (SSSR count). The summed E-state index contributed by atoms with van der Waals surface area (Å²) in [5.41, 5.74) is 1.88. The standard InChI is InChI=1S/C43H65NO8/c1-3-4-5-6-7-8-9-10-11-12-13-14-15-16-21-27-42(46)52-40(35-49-33-38-28-30-39(48-2)31-29-38)36-50-41(45)26-22-18-23-32-44-43(47)51-34-37-24-19-17-20-25-37/h10-11,17,19-20,24-25,28-31,40H,3-9,12-16,18,21-23,26-27,32-36H2,1-2H3,(H,44,47)/b11-10+/t40-/m1/s1. The van der Waals surface area contributed by atoms with E-state index in [9.17, 15) is 14.4 Å². The first-order valence-electron chi connectivity index (χ1n) is 19.7. The highest BCUT2D eigenvalue weighted by Gasteiger charge is 2.18. The number of hydrogen-bond donors (Lipinski definition) is 1. The first-order valence-corrected chi connectivity index (χ1v) is 19.7. The van der Waals surface area contributed by atoms with E-state index in [1.165, 1.54) is 51.4 Å². The van der Waals surface area contributed by atoms with Crippen LogP contribution in [0, 0.1) is 0 Å². The minimum absolute atomic E-state index is 0.0611. The molecule has 0 aliphatic carbocycles. The molecular weight excluding hydrogens is 658 g/mol. The van der Waals surface area contributed by atoms with Crippen molar-refractivity contribution in [2.75, 3.05) is 26.9 Å². The van der Waals surface area contributed by atoms with Gasteiger partial charge >= 0.3 is 18.0 Å². The molecule has 0 aromatic heterocycles. The third-order valence-electron chi connectivity index (χ3n) is 8.64. The maximum Gasteiger partial charge on any atom is 0.407 e. The quantitative estimate of drug-likeness (QED) is 0.0354. The third-order valence-corrected chi connectivity index (χ3v) is 8.64. The number of nitrogens with one attached hydrogen (secondary N) is 1. The van der Waals surface area contributed by atoms with Gasteiger partial charge in [-0.05, 0) is 68.2 Å². The first-order chi connectivity index (χ1) is 25.5. The third kappa shape index (κ3) is 24.4. The highest BCUT2D eigenvalue weighted by molar-refractivity contribution is 5.70. The fourth-order valence-corrected chi connectivity index (χ4v) is 5.52. The molecule has 0 aliphatic rings. The van der Waals surface area contributed by atoms with Crippen LogP contribution in [0.25, 0.3) is 0 Å². The van der Waals surface area contributed by atoms with E-state index < -0.39 is 12.2 Å². The Balaban J connectivity index is 1.60. The van der Waals surface area contributed by atoms with Crippen molar-refractivity contribution < 1.29 is 38.1 Å². The average Bonchev–Trinajstić information content (AvgIpc) is 3.16. The Morgan fingerprint density at radius 2 is 1.23 bits per heavy atom. The van der Waals surface area contributed by atoms with Crippen molar-refractivity contribution in [2.24, 2.45) is 0 Å². The number of alkyl carbamates (subject to hydrolysis) is 1. The molecule has 0 bridgehead atoms. The van der Waals surface area contributed by atoms with Crippen molar-refractivity contribution in [2.45, 2.75) is 142 Å². The van der Waals surface area contributed by atoms with E-state index in [-0.39, 0.29) is 38.2 Å². The number of allylic oxidation sites excluding steroid dienone is 2. The van der Waals surface area contributed by atoms with Gasteiger partial charge in [0.15, 0.2) is 6.10 Å². The maximum atomic E-state index is 12.7. The molecule has 0 saturated carbocycles. The van der Waals surface area contributed by atoms with Gasteiger partial charge in [0.1, 0.15) is 19.0 Å². The second-order valence-electron chi connectivity index (χ2n) is 13.3. The average molecular weight is 724 g/mol. The van der Waals surface area contributed by atoms with Gasteiger partial charge in [0.25, 0.3) is 0 Å². The van der Waals surface area contributed by atoms with Crippen molar-refractivity contribution in [1.29, 1.82) is 0 Å². The Morgan fingerprint density at radius 1 is 0.635 bits per heavy atom. The van der Waals surface area contributed by atoms with Gasteiger partial charge in [0, 0.05) is 19.4 Å². The predicted molar refractivity (Wildman–Crippen MR) is 206 cm³/mol. The van der Waals surface area contributed by atoms with Crippen LogP contribution in [0.3, 0.4) is 0 Å². The SMILES string of the molecule is CCCCCCCC/C=C/CCCCCCCC(=O)O[C@H](COCc1ccc(OC)cc1)COC(=O)CCCCCNC(=O)OCc1ccccc1. The summed E-state index contributed by atoms with van der Waals surface area (Å²) in [6.45, 7) is 3.32. The van der Waals surface area contributed by atoms with Gasteiger partial charge < -0.3 is 29.0 Å². The van der Waals surface area contributed by atoms with Crippen molar-refractivity contribution in [3.8, 4) is 5.75 Å². The molecule has 0 unspecified atom stereocenters. The summed E-state index contributed by atoms with van der Waals surface area (Å²) < 4.78 is 27.4. The number of ether oxygens (including phenoxy) is 5. The molecule has 9 heteroatoms. The van der Waals surface area contributed by atoms with Gasteiger partial charge in [-0.15, -0.1) is 0 Å². The summed E-state index contributed by atoms with van der Waals surface area (Å²) in [6, 6.07) is 17.0. The number of carbonyl (C=O) groups is 3. The van der Waals surface area contributed by atoms with E-state index in [4.69, 9.17) is 23.7 Å². The van der Waals surface area contributed by atoms with Crippen molar-refractivity contribution in [1.82, 2.24) is 5.32 Å². The summed E-state index contributed by atoms with van der Waals surface area (Å²) in [5, 5.41) is 2.73. The van der Waals surface area contributed by atoms with E-state index >= 15 is 0 Å². The molecule has 0 spiro atoms. The lowest BCUT2D eigenvalue weighted by Crippen LogP contribution is -2.29. The van der Waals surface area contributed by atoms with Gasteiger partial charge in [0.2, 0.25) is 0 Å². The zero-order valence-electron chi connectivity index (χ0n) is 32.0. The van der Waals surface area contributed by atoms with Crippen LogP contribution < -0.4 is 10.1 Å². The lowest BCUT2D eigenvalue weighted by atomic mass is 10.1. The Hall–Kier alpha value is -3.85. The zero-order chi connectivity index (χ0) is 37.3. The molecule has 290 valence electrons. The minimum Gasteiger partial charge on any atom is -0.497 e. The predicted octanol–water partition coefficient (Wildman–Crippen LogP) is 10.2. The molecule has 1 N–H and O–H groups in total. The van der Waals surface area contributed by atoms with Crippen LogP contribution in [0.15, 0.2) is 66.7 Å². The number of esters is 2. The Kier molecular flexibility index (Phi) is 26.2. The number of rotatable bonds is 31. The fraction of sp³-hybridized carbons (Fsp3) is 0.605. The van der Waals surface area contributed by atoms with Crippen molar-refractivity contribution >= 4 is 18.0 Å². The number of benzene rings is 2. The Bertz CT molecular complexity index is 1220. The molecular formula is C43H65NO8. The van der Waals surface area contributed by atoms with Crippen LogP contribution in [0.4, 0.5) is 4.79 Å². The van der Waals surface area contributed by atoms with E-state index in [0.717, 1.165) is 55.4 Å². The largest absolute Gasteiger partial charge is 0.497 e. The van der Waals surface area contributed by atoms with E-state index in [1.807, 2.05) is 54.6 Å². The van der Waals surface area contributed by atoms with Crippen LogP contribution >= 0.6 is 0 Å². The lowest BCUT2D eigenvalue weighted by molar-refractivity contribution is -0.163. The van der Waals surface area contributed by atoms with Crippen LogP contribution in [0.5, 0.6) is 5.75 Å². The monoisotopic (exact) mass is 723 g/mol. The Morgan fingerprint density at radius 3 is 1.90 bits per heavy atom. The van der Waals surface area contributed by atoms with Crippen LogP contribution in [0.2, 0.25) is 0 Å². The molecule has 52 heavy (non-hydrogen) atoms. The summed E-state index contributed by atoms with van der Waals surface area (Å²) in [6.07, 6.45) is 21.7. The molecule has 0 aliphatic heterocycles. The number of methoxy groups -OCH3 is 1. The number of hydrogen-bond acceptors (Lipinski definition) is 8. The van der Waals surface area contributed by atoms with E-state index in [1.54, 1.807) is 7.11 Å². The van der Waals surface area contributed by atoms with Gasteiger partial charge in [0.05, 0.1) is 20.3 Å². The summed E-state index contributed by atoms with van der Waals surface area (Å²) in [4.78, 5) is 37.0. The molecule has 1 amide bonds. The molecule has 0 radical (unpaired) electrons. The highest BCUT2D eigenvalue weighted by atomic mass is 16.6. The summed E-state index contributed by atoms with van der Waals surface area (Å²) in [7, 11) is 1.62. The van der Waals surface area contributed by atoms with E-state index in [0.29, 0.717) is 32.4 Å². The number of amides is 1. The number of unbranched alkanes of at least 4 members (excludes halogenated alkanes) is 13. The van der Waals surface area contributed by atoms with Crippen LogP contribution in [-0.4, -0.2) is 51.0 Å². The number of carbonyl (C=O) groups excluding carboxylic acids is 3. The highest BCUT2D eigenvalue weighted by Crippen LogP contribution is 2.14. The molecule has 0 fully saturated rings. The second-order valence-corrected chi connectivity index (χ2v) is 13.3. The smallest absolute Gasteiger partial charge is 0.407 e. The maximum absolute atomic E-state index is 12.7. The summed E-state index contributed by atoms with van der Waals surface area (Å²) in [5.74, 6) is 0.0981. The second kappa shape index (κ2) is 30.7. The fourth-order valence-electron chi connectivity index (χ4n) is 5.52. The Labute approximate surface area is 313 Å². The van der Waals surface area contributed by atoms with Crippen molar-refractivity contribution in [3.05, 3.63) is 77.9 Å². The molecule has 1 atom stereocenters. The lowest BCUT2D eigenvalue weighted by Gasteiger charge is -2.18. The summed E-state index contributed by atoms with van der Waals surface area (Å²) >= 11 is 0. The zero-order valence-corrected chi connectivity index (χ0v) is 32.0. The van der Waals surface area contributed by atoms with Crippen LogP contribution in [0.1, 0.15) is 134 Å². The molecule has 2 aromatic carbocycles. The minimum atomic E-state index is -0.691. The molecule has 2 aromatic rings. The van der Waals surface area contributed by atoms with E-state index in [2.05, 4.69) is 24.4 Å². The first kappa shape index (κ1) is 44.3. The van der Waals surface area contributed by atoms with Crippen LogP contribution in [-0.2, 0) is 41.8 Å². The van der Waals surface area contributed by atoms with Crippen molar-refractivity contribution in [3.63, 3.8) is 0 Å².